The summed E-state index contributed by atoms with van der Waals surface area (Å²) in [6, 6.07) is 14.7. The van der Waals surface area contributed by atoms with Crippen LogP contribution in [0.5, 0.6) is 0 Å². The second-order valence-electron chi connectivity index (χ2n) is 4.70. The van der Waals surface area contributed by atoms with Gasteiger partial charge in [0.15, 0.2) is 0 Å². The first-order valence-electron chi connectivity index (χ1n) is 6.63. The molecule has 0 unspecified atom stereocenters. The quantitative estimate of drug-likeness (QED) is 0.461. The van der Waals surface area contributed by atoms with E-state index in [9.17, 15) is 8.42 Å². The minimum Gasteiger partial charge on any atom is -0.265 e. The molecule has 0 aliphatic rings. The Labute approximate surface area is 130 Å². The summed E-state index contributed by atoms with van der Waals surface area (Å²) in [6.45, 7) is 4.11. The van der Waals surface area contributed by atoms with Crippen molar-refractivity contribution in [2.75, 3.05) is 12.4 Å². The molecule has 2 aromatic carbocycles. The Morgan fingerprint density at radius 3 is 2.33 bits per heavy atom. The van der Waals surface area contributed by atoms with Gasteiger partial charge in [0.2, 0.25) is 0 Å². The Bertz CT molecular complexity index is 692. The molecule has 0 aliphatic carbocycles. The van der Waals surface area contributed by atoms with Crippen molar-refractivity contribution >= 4 is 21.9 Å². The number of hydrogen-bond donors (Lipinski definition) is 0. The van der Waals surface area contributed by atoms with E-state index in [1.807, 2.05) is 38.1 Å². The number of aryl methyl sites for hydroxylation is 2. The maximum absolute atomic E-state index is 12.0. The molecule has 0 saturated carbocycles. The standard InChI is InChI=1S/C16H18O3S2/c1-13-7-9-15(10-8-13)21(17,18)19-11-12-20-16-6-4-3-5-14(16)2/h3-10H,11-12H2,1-2H3. The van der Waals surface area contributed by atoms with Gasteiger partial charge in [-0.05, 0) is 37.6 Å². The minimum atomic E-state index is -3.65. The summed E-state index contributed by atoms with van der Waals surface area (Å²) in [5, 5.41) is 0. The van der Waals surface area contributed by atoms with Crippen LogP contribution in [-0.4, -0.2) is 20.8 Å². The van der Waals surface area contributed by atoms with Crippen LogP contribution < -0.4 is 0 Å². The normalized spacial score (nSPS) is 11.5. The zero-order valence-electron chi connectivity index (χ0n) is 12.1. The number of thioether (sulfide) groups is 1. The number of hydrogen-bond acceptors (Lipinski definition) is 4. The van der Waals surface area contributed by atoms with Crippen LogP contribution in [0.3, 0.4) is 0 Å². The predicted molar refractivity (Wildman–Crippen MR) is 86.2 cm³/mol. The van der Waals surface area contributed by atoms with Gasteiger partial charge in [0.05, 0.1) is 11.5 Å². The van der Waals surface area contributed by atoms with Crippen molar-refractivity contribution in [2.24, 2.45) is 0 Å². The Hall–Kier alpha value is -1.30. The molecule has 0 fully saturated rings. The molecular formula is C16H18O3S2. The molecule has 0 atom stereocenters. The Balaban J connectivity index is 1.88. The molecule has 0 spiro atoms. The summed E-state index contributed by atoms with van der Waals surface area (Å²) in [5.74, 6) is 0.593. The highest BCUT2D eigenvalue weighted by Gasteiger charge is 2.14. The lowest BCUT2D eigenvalue weighted by molar-refractivity contribution is 0.341. The van der Waals surface area contributed by atoms with E-state index >= 15 is 0 Å². The van der Waals surface area contributed by atoms with E-state index in [0.717, 1.165) is 10.5 Å². The molecule has 112 valence electrons. The van der Waals surface area contributed by atoms with Crippen LogP contribution in [-0.2, 0) is 14.3 Å². The fourth-order valence-corrected chi connectivity index (χ4v) is 3.66. The number of benzene rings is 2. The highest BCUT2D eigenvalue weighted by atomic mass is 32.2. The van der Waals surface area contributed by atoms with E-state index in [0.29, 0.717) is 5.75 Å². The van der Waals surface area contributed by atoms with Crippen molar-refractivity contribution < 1.29 is 12.6 Å². The lowest BCUT2D eigenvalue weighted by atomic mass is 10.2. The summed E-state index contributed by atoms with van der Waals surface area (Å²) in [7, 11) is -3.65. The van der Waals surface area contributed by atoms with Crippen molar-refractivity contribution in [3.63, 3.8) is 0 Å². The molecule has 0 heterocycles. The van der Waals surface area contributed by atoms with Gasteiger partial charge in [-0.1, -0.05) is 35.9 Å². The Morgan fingerprint density at radius 1 is 1.00 bits per heavy atom. The maximum atomic E-state index is 12.0. The largest absolute Gasteiger partial charge is 0.296 e. The molecule has 21 heavy (non-hydrogen) atoms. The molecule has 2 aromatic rings. The van der Waals surface area contributed by atoms with Gasteiger partial charge in [0.25, 0.3) is 10.1 Å². The third-order valence-electron chi connectivity index (χ3n) is 2.98. The second-order valence-corrected chi connectivity index (χ2v) is 7.46. The van der Waals surface area contributed by atoms with Crippen LogP contribution in [0, 0.1) is 13.8 Å². The third-order valence-corrected chi connectivity index (χ3v) is 5.45. The van der Waals surface area contributed by atoms with Gasteiger partial charge < -0.3 is 0 Å². The van der Waals surface area contributed by atoms with Gasteiger partial charge in [-0.3, -0.25) is 4.18 Å². The van der Waals surface area contributed by atoms with Gasteiger partial charge in [0, 0.05) is 10.6 Å². The Kier molecular flexibility index (Phi) is 5.45. The van der Waals surface area contributed by atoms with Crippen LogP contribution in [0.2, 0.25) is 0 Å². The lowest BCUT2D eigenvalue weighted by Crippen LogP contribution is -2.09. The highest BCUT2D eigenvalue weighted by molar-refractivity contribution is 7.99. The van der Waals surface area contributed by atoms with Crippen molar-refractivity contribution in [2.45, 2.75) is 23.6 Å². The molecule has 5 heteroatoms. The summed E-state index contributed by atoms with van der Waals surface area (Å²) < 4.78 is 29.0. The van der Waals surface area contributed by atoms with Crippen molar-refractivity contribution in [1.82, 2.24) is 0 Å². The monoisotopic (exact) mass is 322 g/mol. The van der Waals surface area contributed by atoms with E-state index in [4.69, 9.17) is 4.18 Å². The molecule has 0 radical (unpaired) electrons. The number of rotatable bonds is 6. The summed E-state index contributed by atoms with van der Waals surface area (Å²) in [5.41, 5.74) is 2.20. The van der Waals surface area contributed by atoms with Gasteiger partial charge in [-0.25, -0.2) is 0 Å². The zero-order chi connectivity index (χ0) is 15.3. The van der Waals surface area contributed by atoms with Crippen LogP contribution >= 0.6 is 11.8 Å². The van der Waals surface area contributed by atoms with Crippen molar-refractivity contribution in [3.05, 3.63) is 59.7 Å². The molecule has 0 aliphatic heterocycles. The van der Waals surface area contributed by atoms with Crippen molar-refractivity contribution in [3.8, 4) is 0 Å². The summed E-state index contributed by atoms with van der Waals surface area (Å²) in [6.07, 6.45) is 0. The van der Waals surface area contributed by atoms with E-state index in [2.05, 4.69) is 0 Å². The van der Waals surface area contributed by atoms with Gasteiger partial charge in [0.1, 0.15) is 0 Å². The molecule has 0 bridgehead atoms. The Morgan fingerprint density at radius 2 is 1.67 bits per heavy atom. The first-order valence-corrected chi connectivity index (χ1v) is 9.03. The predicted octanol–water partition coefficient (Wildman–Crippen LogP) is 3.80. The highest BCUT2D eigenvalue weighted by Crippen LogP contribution is 2.22. The zero-order valence-corrected chi connectivity index (χ0v) is 13.7. The van der Waals surface area contributed by atoms with Gasteiger partial charge >= 0.3 is 0 Å². The minimum absolute atomic E-state index is 0.162. The summed E-state index contributed by atoms with van der Waals surface area (Å²) in [4.78, 5) is 1.35. The van der Waals surface area contributed by atoms with Crippen LogP contribution in [0.15, 0.2) is 58.3 Å². The lowest BCUT2D eigenvalue weighted by Gasteiger charge is -2.07. The van der Waals surface area contributed by atoms with E-state index < -0.39 is 10.1 Å². The molecule has 0 aromatic heterocycles. The van der Waals surface area contributed by atoms with Gasteiger partial charge in [-0.2, -0.15) is 8.42 Å². The third kappa shape index (κ3) is 4.59. The summed E-state index contributed by atoms with van der Waals surface area (Å²) >= 11 is 1.60. The van der Waals surface area contributed by atoms with Crippen LogP contribution in [0.25, 0.3) is 0 Å². The molecule has 2 rings (SSSR count). The van der Waals surface area contributed by atoms with Crippen LogP contribution in [0.4, 0.5) is 0 Å². The van der Waals surface area contributed by atoms with E-state index in [1.165, 1.54) is 5.56 Å². The smallest absolute Gasteiger partial charge is 0.265 e. The van der Waals surface area contributed by atoms with E-state index in [1.54, 1.807) is 36.0 Å². The fourth-order valence-electron chi connectivity index (χ4n) is 1.79. The van der Waals surface area contributed by atoms with E-state index in [-0.39, 0.29) is 11.5 Å². The average molecular weight is 322 g/mol. The van der Waals surface area contributed by atoms with Gasteiger partial charge in [-0.15, -0.1) is 11.8 Å². The molecule has 3 nitrogen and oxygen atoms in total. The molecular weight excluding hydrogens is 304 g/mol. The second kappa shape index (κ2) is 7.11. The van der Waals surface area contributed by atoms with Crippen molar-refractivity contribution in [1.29, 1.82) is 0 Å². The SMILES string of the molecule is Cc1ccc(S(=O)(=O)OCCSc2ccccc2C)cc1. The van der Waals surface area contributed by atoms with Crippen LogP contribution in [0.1, 0.15) is 11.1 Å². The fraction of sp³-hybridized carbons (Fsp3) is 0.250. The molecule has 0 amide bonds. The topological polar surface area (TPSA) is 43.4 Å². The maximum Gasteiger partial charge on any atom is 0.296 e. The first-order chi connectivity index (χ1) is 9.99. The molecule has 0 saturated heterocycles. The molecule has 0 N–H and O–H groups in total. The average Bonchev–Trinajstić information content (AvgIpc) is 2.46. The first kappa shape index (κ1) is 16.1.